The molecule has 0 N–H and O–H groups in total. The Labute approximate surface area is 113 Å². The number of hydrogen-bond donors (Lipinski definition) is 0. The molecule has 0 aliphatic rings. The summed E-state index contributed by atoms with van der Waals surface area (Å²) in [4.78, 5) is 12.7. The van der Waals surface area contributed by atoms with Gasteiger partial charge in [0.25, 0.3) is 5.91 Å². The van der Waals surface area contributed by atoms with E-state index in [2.05, 4.69) is 5.10 Å². The first kappa shape index (κ1) is 11.7. The molecule has 94 valence electrons. The molecule has 0 bridgehead atoms. The highest BCUT2D eigenvalue weighted by Crippen LogP contribution is 2.12. The number of carbonyl (C=O) groups is 1. The van der Waals surface area contributed by atoms with E-state index in [0.29, 0.717) is 10.6 Å². The maximum Gasteiger partial charge on any atom is 0.288 e. The van der Waals surface area contributed by atoms with Gasteiger partial charge in [-0.1, -0.05) is 6.07 Å². The van der Waals surface area contributed by atoms with Gasteiger partial charge in [0.15, 0.2) is 0 Å². The van der Waals surface area contributed by atoms with E-state index in [1.54, 1.807) is 30.7 Å². The number of furan rings is 1. The first-order valence-electron chi connectivity index (χ1n) is 5.68. The van der Waals surface area contributed by atoms with Crippen LogP contribution in [-0.2, 0) is 0 Å². The Morgan fingerprint density at radius 3 is 2.95 bits per heavy atom. The van der Waals surface area contributed by atoms with E-state index >= 15 is 0 Å². The van der Waals surface area contributed by atoms with Crippen LogP contribution in [0.5, 0.6) is 0 Å². The van der Waals surface area contributed by atoms with E-state index in [4.69, 9.17) is 4.42 Å². The molecule has 0 aromatic carbocycles. The van der Waals surface area contributed by atoms with Gasteiger partial charge in [0.1, 0.15) is 5.76 Å². The Hall–Kier alpha value is -2.40. The van der Waals surface area contributed by atoms with Crippen molar-refractivity contribution >= 4 is 29.4 Å². The topological polar surface area (TPSA) is 48.0 Å². The van der Waals surface area contributed by atoms with Crippen LogP contribution in [-0.4, -0.2) is 15.7 Å². The van der Waals surface area contributed by atoms with E-state index in [9.17, 15) is 4.79 Å². The number of hydrogen-bond acceptors (Lipinski definition) is 4. The van der Waals surface area contributed by atoms with Gasteiger partial charge in [-0.15, -0.1) is 11.3 Å². The van der Waals surface area contributed by atoms with Crippen molar-refractivity contribution in [1.29, 1.82) is 0 Å². The molecule has 0 radical (unpaired) electrons. The Morgan fingerprint density at radius 2 is 2.21 bits per heavy atom. The summed E-state index contributed by atoms with van der Waals surface area (Å²) in [6.07, 6.45) is 6.88. The van der Waals surface area contributed by atoms with Gasteiger partial charge < -0.3 is 4.42 Å². The Morgan fingerprint density at radius 1 is 1.26 bits per heavy atom. The van der Waals surface area contributed by atoms with Crippen molar-refractivity contribution in [3.05, 3.63) is 64.5 Å². The van der Waals surface area contributed by atoms with Crippen molar-refractivity contribution in [3.63, 3.8) is 0 Å². The van der Waals surface area contributed by atoms with Crippen LogP contribution in [0.4, 0.5) is 0 Å². The summed E-state index contributed by atoms with van der Waals surface area (Å²) in [7, 11) is 0. The molecule has 0 aliphatic heterocycles. The summed E-state index contributed by atoms with van der Waals surface area (Å²) >= 11 is 1.40. The molecule has 0 aliphatic carbocycles. The fourth-order valence-corrected chi connectivity index (χ4v) is 2.26. The smallest absolute Gasteiger partial charge is 0.288 e. The number of carbonyl (C=O) groups excluding carboxylic acids is 1. The van der Waals surface area contributed by atoms with Crippen LogP contribution in [0.2, 0.25) is 0 Å². The number of thiophene rings is 1. The van der Waals surface area contributed by atoms with Gasteiger partial charge in [0, 0.05) is 6.20 Å². The van der Waals surface area contributed by atoms with E-state index in [-0.39, 0.29) is 5.91 Å². The highest BCUT2D eigenvalue weighted by molar-refractivity contribution is 7.12. The van der Waals surface area contributed by atoms with Gasteiger partial charge >= 0.3 is 0 Å². The van der Waals surface area contributed by atoms with Gasteiger partial charge in [-0.25, -0.2) is 4.68 Å². The van der Waals surface area contributed by atoms with E-state index < -0.39 is 0 Å². The second-order valence-corrected chi connectivity index (χ2v) is 4.76. The van der Waals surface area contributed by atoms with Crippen LogP contribution in [0.1, 0.15) is 21.1 Å². The lowest BCUT2D eigenvalue weighted by atomic mass is 10.3. The minimum absolute atomic E-state index is 0.118. The molecule has 0 saturated carbocycles. The maximum absolute atomic E-state index is 12.0. The molecule has 19 heavy (non-hydrogen) atoms. The number of nitrogens with zero attached hydrogens (tertiary/aromatic N) is 2. The highest BCUT2D eigenvalue weighted by Gasteiger charge is 2.09. The molecule has 3 aromatic rings. The molecule has 0 fully saturated rings. The van der Waals surface area contributed by atoms with Crippen LogP contribution in [0.3, 0.4) is 0 Å². The average Bonchev–Trinajstić information content (AvgIpc) is 3.16. The van der Waals surface area contributed by atoms with Crippen molar-refractivity contribution < 1.29 is 9.21 Å². The summed E-state index contributed by atoms with van der Waals surface area (Å²) in [5.74, 6) is 0.631. The molecule has 0 atom stereocenters. The minimum atomic E-state index is -0.118. The van der Waals surface area contributed by atoms with Crippen LogP contribution in [0.25, 0.3) is 12.2 Å². The third-order valence-electron chi connectivity index (χ3n) is 2.51. The Balaban J connectivity index is 1.78. The zero-order valence-corrected chi connectivity index (χ0v) is 10.7. The van der Waals surface area contributed by atoms with Gasteiger partial charge in [-0.2, -0.15) is 5.10 Å². The van der Waals surface area contributed by atoms with E-state index in [1.807, 2.05) is 29.7 Å². The average molecular weight is 270 g/mol. The third kappa shape index (κ3) is 2.56. The molecule has 3 heterocycles. The summed E-state index contributed by atoms with van der Waals surface area (Å²) in [6, 6.07) is 9.08. The third-order valence-corrected chi connectivity index (χ3v) is 3.37. The Kier molecular flexibility index (Phi) is 3.12. The van der Waals surface area contributed by atoms with Crippen molar-refractivity contribution in [3.8, 4) is 0 Å². The SMILES string of the molecule is O=C(c1cccs1)n1ccc(/C=C/c2ccco2)n1. The zero-order valence-electron chi connectivity index (χ0n) is 9.89. The summed E-state index contributed by atoms with van der Waals surface area (Å²) < 4.78 is 6.52. The molecule has 0 amide bonds. The summed E-state index contributed by atoms with van der Waals surface area (Å²) in [6.45, 7) is 0. The zero-order chi connectivity index (χ0) is 13.1. The standard InChI is InChI=1S/C14H10N2O2S/c17-14(13-4-2-10-19-13)16-8-7-11(15-16)5-6-12-3-1-9-18-12/h1-10H/b6-5+. The van der Waals surface area contributed by atoms with Crippen LogP contribution in [0.15, 0.2) is 52.6 Å². The minimum Gasteiger partial charge on any atom is -0.465 e. The van der Waals surface area contributed by atoms with Crippen molar-refractivity contribution in [2.75, 3.05) is 0 Å². The number of rotatable bonds is 3. The normalized spacial score (nSPS) is 11.2. The molecule has 0 saturated heterocycles. The molecule has 5 heteroatoms. The molecule has 0 spiro atoms. The largest absolute Gasteiger partial charge is 0.465 e. The van der Waals surface area contributed by atoms with Crippen LogP contribution in [0, 0.1) is 0 Å². The van der Waals surface area contributed by atoms with Crippen molar-refractivity contribution in [1.82, 2.24) is 9.78 Å². The quantitative estimate of drug-likeness (QED) is 0.733. The monoisotopic (exact) mass is 270 g/mol. The van der Waals surface area contributed by atoms with Gasteiger partial charge in [0.2, 0.25) is 0 Å². The first-order chi connectivity index (χ1) is 9.33. The predicted octanol–water partition coefficient (Wildman–Crippen LogP) is 3.40. The fourth-order valence-electron chi connectivity index (χ4n) is 1.61. The molecular weight excluding hydrogens is 260 g/mol. The summed E-state index contributed by atoms with van der Waals surface area (Å²) in [5, 5.41) is 6.08. The van der Waals surface area contributed by atoms with Crippen molar-refractivity contribution in [2.45, 2.75) is 0 Å². The van der Waals surface area contributed by atoms with Gasteiger partial charge in [-0.3, -0.25) is 4.79 Å². The lowest BCUT2D eigenvalue weighted by Crippen LogP contribution is -2.10. The molecule has 3 rings (SSSR count). The molecular formula is C14H10N2O2S. The maximum atomic E-state index is 12.0. The lowest BCUT2D eigenvalue weighted by Gasteiger charge is -1.95. The highest BCUT2D eigenvalue weighted by atomic mass is 32.1. The fraction of sp³-hybridized carbons (Fsp3) is 0. The van der Waals surface area contributed by atoms with E-state index in [1.165, 1.54) is 16.0 Å². The van der Waals surface area contributed by atoms with Gasteiger partial charge in [0.05, 0.1) is 16.8 Å². The lowest BCUT2D eigenvalue weighted by molar-refractivity contribution is 0.0949. The van der Waals surface area contributed by atoms with Crippen LogP contribution >= 0.6 is 11.3 Å². The predicted molar refractivity (Wildman–Crippen MR) is 73.9 cm³/mol. The van der Waals surface area contributed by atoms with Crippen LogP contribution < -0.4 is 0 Å². The summed E-state index contributed by atoms with van der Waals surface area (Å²) in [5.41, 5.74) is 0.710. The van der Waals surface area contributed by atoms with Gasteiger partial charge in [-0.05, 0) is 41.8 Å². The van der Waals surface area contributed by atoms with Crippen molar-refractivity contribution in [2.24, 2.45) is 0 Å². The second-order valence-electron chi connectivity index (χ2n) is 3.82. The molecule has 3 aromatic heterocycles. The first-order valence-corrected chi connectivity index (χ1v) is 6.56. The molecule has 4 nitrogen and oxygen atoms in total. The number of aromatic nitrogens is 2. The Bertz CT molecular complexity index is 694. The second kappa shape index (κ2) is 5.07. The van der Waals surface area contributed by atoms with E-state index in [0.717, 1.165) is 5.76 Å². The molecule has 0 unspecified atom stereocenters.